The Kier molecular flexibility index (Phi) is 5.04. The highest BCUT2D eigenvalue weighted by molar-refractivity contribution is 6.31. The largest absolute Gasteiger partial charge is 0.495 e. The van der Waals surface area contributed by atoms with Gasteiger partial charge in [-0.1, -0.05) is 11.6 Å². The summed E-state index contributed by atoms with van der Waals surface area (Å²) in [6, 6.07) is 6.74. The number of ether oxygens (including phenoxy) is 1. The second-order valence-electron chi connectivity index (χ2n) is 4.81. The Bertz CT molecular complexity index is 818. The summed E-state index contributed by atoms with van der Waals surface area (Å²) in [5.74, 6) is -0.0890. The van der Waals surface area contributed by atoms with Crippen LogP contribution in [0.5, 0.6) is 5.75 Å². The van der Waals surface area contributed by atoms with E-state index in [1.54, 1.807) is 43.0 Å². The quantitative estimate of drug-likeness (QED) is 0.690. The summed E-state index contributed by atoms with van der Waals surface area (Å²) in [4.78, 5) is 12.3. The Morgan fingerprint density at radius 1 is 1.52 bits per heavy atom. The van der Waals surface area contributed by atoms with Gasteiger partial charge in [0, 0.05) is 23.8 Å². The summed E-state index contributed by atoms with van der Waals surface area (Å²) < 4.78 is 6.79. The van der Waals surface area contributed by atoms with Gasteiger partial charge < -0.3 is 10.1 Å². The van der Waals surface area contributed by atoms with Crippen LogP contribution in [0.1, 0.15) is 11.3 Å². The third kappa shape index (κ3) is 3.90. The van der Waals surface area contributed by atoms with Crippen LogP contribution in [-0.2, 0) is 11.8 Å². The number of nitrogens with zero attached hydrogens (tertiary/aromatic N) is 3. The minimum Gasteiger partial charge on any atom is -0.495 e. The molecule has 7 heteroatoms. The van der Waals surface area contributed by atoms with Gasteiger partial charge in [-0.15, -0.1) is 0 Å². The van der Waals surface area contributed by atoms with E-state index >= 15 is 0 Å². The molecule has 2 aromatic rings. The molecule has 0 saturated carbocycles. The number of hydrogen-bond acceptors (Lipinski definition) is 4. The second-order valence-corrected chi connectivity index (χ2v) is 5.25. The van der Waals surface area contributed by atoms with Crippen molar-refractivity contribution in [2.75, 3.05) is 12.4 Å². The van der Waals surface area contributed by atoms with Crippen molar-refractivity contribution >= 4 is 29.3 Å². The van der Waals surface area contributed by atoms with E-state index in [0.717, 1.165) is 5.69 Å². The maximum absolute atomic E-state index is 12.3. The molecule has 0 aliphatic heterocycles. The van der Waals surface area contributed by atoms with E-state index in [1.165, 1.54) is 13.2 Å². The molecule has 118 valence electrons. The van der Waals surface area contributed by atoms with Gasteiger partial charge in [-0.2, -0.15) is 10.4 Å². The summed E-state index contributed by atoms with van der Waals surface area (Å²) in [6.45, 7) is 1.80. The monoisotopic (exact) mass is 330 g/mol. The zero-order valence-corrected chi connectivity index (χ0v) is 13.7. The second kappa shape index (κ2) is 6.99. The number of benzene rings is 1. The summed E-state index contributed by atoms with van der Waals surface area (Å²) >= 11 is 5.93. The van der Waals surface area contributed by atoms with Crippen LogP contribution in [0.15, 0.2) is 30.0 Å². The molecule has 0 aliphatic rings. The van der Waals surface area contributed by atoms with Crippen molar-refractivity contribution in [2.45, 2.75) is 6.92 Å². The summed E-state index contributed by atoms with van der Waals surface area (Å²) in [7, 11) is 3.26. The fourth-order valence-corrected chi connectivity index (χ4v) is 2.20. The molecule has 0 spiro atoms. The highest BCUT2D eigenvalue weighted by Crippen LogP contribution is 2.28. The van der Waals surface area contributed by atoms with Crippen molar-refractivity contribution in [3.05, 3.63) is 46.2 Å². The number of nitriles is 1. The SMILES string of the molecule is COc1ccc(Cl)cc1NC(=O)/C(C#N)=C/c1cn(C)nc1C. The van der Waals surface area contributed by atoms with E-state index in [2.05, 4.69) is 10.4 Å². The van der Waals surface area contributed by atoms with Gasteiger partial charge in [0.15, 0.2) is 0 Å². The molecule has 1 aromatic carbocycles. The first-order valence-corrected chi connectivity index (χ1v) is 7.09. The molecular formula is C16H15ClN4O2. The molecule has 1 heterocycles. The minimum absolute atomic E-state index is 0.0388. The highest BCUT2D eigenvalue weighted by Gasteiger charge is 2.14. The Morgan fingerprint density at radius 2 is 2.26 bits per heavy atom. The maximum Gasteiger partial charge on any atom is 0.266 e. The Hall–Kier alpha value is -2.78. The first-order chi connectivity index (χ1) is 10.9. The lowest BCUT2D eigenvalue weighted by atomic mass is 10.1. The van der Waals surface area contributed by atoms with Crippen molar-refractivity contribution in [2.24, 2.45) is 7.05 Å². The number of nitrogens with one attached hydrogen (secondary N) is 1. The average molecular weight is 331 g/mol. The Morgan fingerprint density at radius 3 is 2.83 bits per heavy atom. The molecule has 1 amide bonds. The molecule has 1 N–H and O–H groups in total. The lowest BCUT2D eigenvalue weighted by Gasteiger charge is -2.10. The van der Waals surface area contributed by atoms with Crippen LogP contribution in [0.4, 0.5) is 5.69 Å². The van der Waals surface area contributed by atoms with Crippen molar-refractivity contribution in [1.82, 2.24) is 9.78 Å². The van der Waals surface area contributed by atoms with Crippen LogP contribution in [0, 0.1) is 18.3 Å². The highest BCUT2D eigenvalue weighted by atomic mass is 35.5. The number of carbonyl (C=O) groups is 1. The van der Waals surface area contributed by atoms with Gasteiger partial charge in [0.25, 0.3) is 5.91 Å². The smallest absolute Gasteiger partial charge is 0.266 e. The molecule has 0 unspecified atom stereocenters. The predicted octanol–water partition coefficient (Wildman–Crippen LogP) is 2.94. The van der Waals surface area contributed by atoms with Crippen LogP contribution in [0.3, 0.4) is 0 Å². The van der Waals surface area contributed by atoms with E-state index in [9.17, 15) is 10.1 Å². The predicted molar refractivity (Wildman–Crippen MR) is 88.2 cm³/mol. The molecule has 0 saturated heterocycles. The number of anilines is 1. The number of halogens is 1. The van der Waals surface area contributed by atoms with E-state index in [4.69, 9.17) is 16.3 Å². The van der Waals surface area contributed by atoms with Crippen molar-refractivity contribution in [1.29, 1.82) is 5.26 Å². The number of aryl methyl sites for hydroxylation is 2. The molecule has 0 radical (unpaired) electrons. The summed E-state index contributed by atoms with van der Waals surface area (Å²) in [5, 5.41) is 16.5. The van der Waals surface area contributed by atoms with Crippen LogP contribution in [-0.4, -0.2) is 22.8 Å². The van der Waals surface area contributed by atoms with E-state index in [0.29, 0.717) is 22.0 Å². The first kappa shape index (κ1) is 16.6. The molecular weight excluding hydrogens is 316 g/mol. The van der Waals surface area contributed by atoms with E-state index in [-0.39, 0.29) is 5.57 Å². The zero-order chi connectivity index (χ0) is 17.0. The number of rotatable bonds is 4. The fourth-order valence-electron chi connectivity index (χ4n) is 2.03. The number of carbonyl (C=O) groups excluding carboxylic acids is 1. The lowest BCUT2D eigenvalue weighted by Crippen LogP contribution is -2.14. The molecule has 2 rings (SSSR count). The molecule has 0 aliphatic carbocycles. The van der Waals surface area contributed by atoms with Crippen molar-refractivity contribution < 1.29 is 9.53 Å². The first-order valence-electron chi connectivity index (χ1n) is 6.71. The molecule has 23 heavy (non-hydrogen) atoms. The number of hydrogen-bond donors (Lipinski definition) is 1. The molecule has 0 atom stereocenters. The van der Waals surface area contributed by atoms with Gasteiger partial charge in [-0.3, -0.25) is 9.48 Å². The summed E-state index contributed by atoms with van der Waals surface area (Å²) in [5.41, 5.74) is 1.79. The Labute approximate surface area is 138 Å². The van der Waals surface area contributed by atoms with Crippen LogP contribution in [0.2, 0.25) is 5.02 Å². The third-order valence-electron chi connectivity index (χ3n) is 3.13. The van der Waals surface area contributed by atoms with Gasteiger partial charge in [-0.05, 0) is 31.2 Å². The molecule has 1 aromatic heterocycles. The number of amides is 1. The van der Waals surface area contributed by atoms with E-state index < -0.39 is 5.91 Å². The van der Waals surface area contributed by atoms with Gasteiger partial charge in [-0.25, -0.2) is 0 Å². The van der Waals surface area contributed by atoms with Crippen LogP contribution < -0.4 is 10.1 Å². The molecule has 6 nitrogen and oxygen atoms in total. The average Bonchev–Trinajstić information content (AvgIpc) is 2.82. The third-order valence-corrected chi connectivity index (χ3v) is 3.36. The topological polar surface area (TPSA) is 79.9 Å². The van der Waals surface area contributed by atoms with Crippen LogP contribution in [0.25, 0.3) is 6.08 Å². The van der Waals surface area contributed by atoms with Gasteiger partial charge >= 0.3 is 0 Å². The van der Waals surface area contributed by atoms with Gasteiger partial charge in [0.05, 0.1) is 18.5 Å². The molecule has 0 bridgehead atoms. The number of aromatic nitrogens is 2. The van der Waals surface area contributed by atoms with E-state index in [1.807, 2.05) is 6.07 Å². The van der Waals surface area contributed by atoms with Crippen molar-refractivity contribution in [3.63, 3.8) is 0 Å². The van der Waals surface area contributed by atoms with Crippen molar-refractivity contribution in [3.8, 4) is 11.8 Å². The van der Waals surface area contributed by atoms with Crippen LogP contribution >= 0.6 is 11.6 Å². The Balaban J connectivity index is 2.30. The standard InChI is InChI=1S/C16H15ClN4O2/c1-10-12(9-21(2)20-10)6-11(8-18)16(22)19-14-7-13(17)4-5-15(14)23-3/h4-7,9H,1-3H3,(H,19,22)/b11-6+. The zero-order valence-electron chi connectivity index (χ0n) is 12.9. The minimum atomic E-state index is -0.545. The maximum atomic E-state index is 12.3. The summed E-state index contributed by atoms with van der Waals surface area (Å²) in [6.07, 6.45) is 3.23. The van der Waals surface area contributed by atoms with Gasteiger partial charge in [0.1, 0.15) is 17.4 Å². The lowest BCUT2D eigenvalue weighted by molar-refractivity contribution is -0.112. The molecule has 0 fully saturated rings. The number of methoxy groups -OCH3 is 1. The fraction of sp³-hybridized carbons (Fsp3) is 0.188. The van der Waals surface area contributed by atoms with Gasteiger partial charge in [0.2, 0.25) is 0 Å². The normalized spacial score (nSPS) is 11.0.